The van der Waals surface area contributed by atoms with Crippen LogP contribution >= 0.6 is 0 Å². The van der Waals surface area contributed by atoms with Gasteiger partial charge in [-0.15, -0.1) is 0 Å². The van der Waals surface area contributed by atoms with Crippen molar-refractivity contribution in [3.63, 3.8) is 0 Å². The summed E-state index contributed by atoms with van der Waals surface area (Å²) in [6, 6.07) is 0. The number of aromatic amines is 1. The molecule has 7 nitrogen and oxygen atoms in total. The second-order valence-electron chi connectivity index (χ2n) is 3.12. The van der Waals surface area contributed by atoms with E-state index in [-0.39, 0.29) is 0 Å². The molecular formula is C9H18N6O. The third-order valence-electron chi connectivity index (χ3n) is 1.94. The Hall–Kier alpha value is -1.60. The Balaban J connectivity index is 2.20. The van der Waals surface area contributed by atoms with Crippen LogP contribution in [0.3, 0.4) is 0 Å². The number of nitrogens with one attached hydrogen (secondary N) is 3. The van der Waals surface area contributed by atoms with E-state index >= 15 is 0 Å². The number of methoxy groups -OCH3 is 1. The van der Waals surface area contributed by atoms with Gasteiger partial charge in [-0.1, -0.05) is 0 Å². The monoisotopic (exact) mass is 226 g/mol. The van der Waals surface area contributed by atoms with Crippen molar-refractivity contribution < 1.29 is 4.74 Å². The number of hydrogen-bond acceptors (Lipinski definition) is 4. The molecule has 0 saturated heterocycles. The molecule has 0 saturated carbocycles. The summed E-state index contributed by atoms with van der Waals surface area (Å²) in [5.41, 5.74) is 3.57. The van der Waals surface area contributed by atoms with Crippen molar-refractivity contribution in [3.8, 4) is 0 Å². The number of H-pyrrole nitrogens is 1. The Labute approximate surface area is 94.5 Å². The average Bonchev–Trinajstić information content (AvgIpc) is 2.80. The molecule has 0 bridgehead atoms. The summed E-state index contributed by atoms with van der Waals surface area (Å²) < 4.78 is 4.88. The van der Waals surface area contributed by atoms with Crippen molar-refractivity contribution in [3.05, 3.63) is 18.2 Å². The summed E-state index contributed by atoms with van der Waals surface area (Å²) >= 11 is 0. The Morgan fingerprint density at radius 2 is 2.56 bits per heavy atom. The average molecular weight is 226 g/mol. The Kier molecular flexibility index (Phi) is 5.97. The molecule has 0 amide bonds. The molecule has 0 spiro atoms. The molecule has 16 heavy (non-hydrogen) atoms. The predicted octanol–water partition coefficient (Wildman–Crippen LogP) is -0.992. The Bertz CT molecular complexity index is 297. The van der Waals surface area contributed by atoms with Gasteiger partial charge in [-0.3, -0.25) is 5.43 Å². The maximum atomic E-state index is 5.31. The van der Waals surface area contributed by atoms with Crippen molar-refractivity contribution in [1.29, 1.82) is 0 Å². The number of imidazole rings is 1. The molecule has 1 heterocycles. The van der Waals surface area contributed by atoms with Crippen LogP contribution in [-0.4, -0.2) is 42.7 Å². The number of hydrazine groups is 1. The third kappa shape index (κ3) is 4.76. The first-order valence-corrected chi connectivity index (χ1v) is 5.08. The molecule has 7 heteroatoms. The highest BCUT2D eigenvalue weighted by molar-refractivity contribution is 5.79. The summed E-state index contributed by atoms with van der Waals surface area (Å²) in [6.45, 7) is 1.89. The summed E-state index contributed by atoms with van der Waals surface area (Å²) in [6.07, 6.45) is 4.29. The van der Waals surface area contributed by atoms with Crippen LogP contribution in [0.4, 0.5) is 0 Å². The number of nitrogens with two attached hydrogens (primary N) is 1. The van der Waals surface area contributed by atoms with Gasteiger partial charge in [0.1, 0.15) is 0 Å². The first-order valence-electron chi connectivity index (χ1n) is 5.08. The minimum absolute atomic E-state index is 0.566. The molecule has 90 valence electrons. The normalized spacial score (nSPS) is 11.5. The van der Waals surface area contributed by atoms with Crippen molar-refractivity contribution in [2.24, 2.45) is 10.8 Å². The lowest BCUT2D eigenvalue weighted by Gasteiger charge is -2.08. The topological polar surface area (TPSA) is 100 Å². The molecule has 1 aromatic heterocycles. The van der Waals surface area contributed by atoms with Gasteiger partial charge in [0.15, 0.2) is 0 Å². The maximum Gasteiger partial charge on any atom is 0.205 e. The summed E-state index contributed by atoms with van der Waals surface area (Å²) in [5, 5.41) is 3.08. The number of aromatic nitrogens is 2. The molecule has 0 aliphatic rings. The SMILES string of the molecule is COCCN=C(NN)NCCc1cnc[nH]1. The van der Waals surface area contributed by atoms with Crippen molar-refractivity contribution in [1.82, 2.24) is 20.7 Å². The van der Waals surface area contributed by atoms with Crippen LogP contribution in [0.2, 0.25) is 0 Å². The van der Waals surface area contributed by atoms with Crippen molar-refractivity contribution in [2.45, 2.75) is 6.42 Å². The number of rotatable bonds is 6. The first kappa shape index (κ1) is 12.5. The quantitative estimate of drug-likeness (QED) is 0.164. The van der Waals surface area contributed by atoms with Gasteiger partial charge >= 0.3 is 0 Å². The highest BCUT2D eigenvalue weighted by Gasteiger charge is 1.96. The fourth-order valence-electron chi connectivity index (χ4n) is 1.14. The van der Waals surface area contributed by atoms with E-state index in [9.17, 15) is 0 Å². The molecule has 0 aromatic carbocycles. The zero-order valence-corrected chi connectivity index (χ0v) is 9.36. The van der Waals surface area contributed by atoms with E-state index in [0.717, 1.165) is 18.7 Å². The van der Waals surface area contributed by atoms with Crippen LogP contribution in [-0.2, 0) is 11.2 Å². The Morgan fingerprint density at radius 3 is 3.19 bits per heavy atom. The van der Waals surface area contributed by atoms with Crippen LogP contribution in [0.1, 0.15) is 5.69 Å². The lowest BCUT2D eigenvalue weighted by Crippen LogP contribution is -2.42. The summed E-state index contributed by atoms with van der Waals surface area (Å²) in [7, 11) is 1.64. The summed E-state index contributed by atoms with van der Waals surface area (Å²) in [4.78, 5) is 11.1. The van der Waals surface area contributed by atoms with Crippen LogP contribution in [0.5, 0.6) is 0 Å². The highest BCUT2D eigenvalue weighted by Crippen LogP contribution is 1.90. The first-order chi connectivity index (χ1) is 7.86. The molecule has 0 atom stereocenters. The fourth-order valence-corrected chi connectivity index (χ4v) is 1.14. The zero-order chi connectivity index (χ0) is 11.6. The minimum Gasteiger partial charge on any atom is -0.383 e. The number of ether oxygens (including phenoxy) is 1. The van der Waals surface area contributed by atoms with Crippen LogP contribution in [0, 0.1) is 0 Å². The van der Waals surface area contributed by atoms with E-state index in [4.69, 9.17) is 10.6 Å². The largest absolute Gasteiger partial charge is 0.383 e. The second-order valence-corrected chi connectivity index (χ2v) is 3.12. The van der Waals surface area contributed by atoms with Crippen molar-refractivity contribution in [2.75, 3.05) is 26.8 Å². The van der Waals surface area contributed by atoms with Gasteiger partial charge in [0.05, 0.1) is 19.5 Å². The smallest absolute Gasteiger partial charge is 0.205 e. The van der Waals surface area contributed by atoms with Gasteiger partial charge in [0.2, 0.25) is 5.96 Å². The number of aliphatic imine (C=N–C) groups is 1. The minimum atomic E-state index is 0.566. The van der Waals surface area contributed by atoms with Crippen LogP contribution in [0.25, 0.3) is 0 Å². The molecule has 0 radical (unpaired) electrons. The third-order valence-corrected chi connectivity index (χ3v) is 1.94. The predicted molar refractivity (Wildman–Crippen MR) is 61.8 cm³/mol. The lowest BCUT2D eigenvalue weighted by atomic mass is 10.3. The molecule has 1 rings (SSSR count). The lowest BCUT2D eigenvalue weighted by molar-refractivity contribution is 0.208. The summed E-state index contributed by atoms with van der Waals surface area (Å²) in [5.74, 6) is 5.88. The van der Waals surface area contributed by atoms with E-state index in [1.54, 1.807) is 19.6 Å². The van der Waals surface area contributed by atoms with Gasteiger partial charge < -0.3 is 15.0 Å². The van der Waals surface area contributed by atoms with Crippen LogP contribution in [0.15, 0.2) is 17.5 Å². The van der Waals surface area contributed by atoms with Gasteiger partial charge in [-0.05, 0) is 0 Å². The van der Waals surface area contributed by atoms with Gasteiger partial charge in [0.25, 0.3) is 0 Å². The van der Waals surface area contributed by atoms with Crippen molar-refractivity contribution >= 4 is 5.96 Å². The van der Waals surface area contributed by atoms with Crippen LogP contribution < -0.4 is 16.6 Å². The number of hydrogen-bond donors (Lipinski definition) is 4. The van der Waals surface area contributed by atoms with E-state index in [0.29, 0.717) is 19.1 Å². The van der Waals surface area contributed by atoms with Gasteiger partial charge in [-0.25, -0.2) is 15.8 Å². The number of nitrogens with zero attached hydrogens (tertiary/aromatic N) is 2. The molecule has 5 N–H and O–H groups in total. The molecule has 0 aliphatic carbocycles. The van der Waals surface area contributed by atoms with Gasteiger partial charge in [-0.2, -0.15) is 0 Å². The number of guanidine groups is 1. The molecule has 0 unspecified atom stereocenters. The van der Waals surface area contributed by atoms with E-state index < -0.39 is 0 Å². The molecule has 1 aromatic rings. The Morgan fingerprint density at radius 1 is 1.69 bits per heavy atom. The maximum absolute atomic E-state index is 5.31. The van der Waals surface area contributed by atoms with E-state index in [2.05, 4.69) is 25.7 Å². The second kappa shape index (κ2) is 7.66. The van der Waals surface area contributed by atoms with E-state index in [1.165, 1.54) is 0 Å². The van der Waals surface area contributed by atoms with Gasteiger partial charge in [0, 0.05) is 32.0 Å². The fraction of sp³-hybridized carbons (Fsp3) is 0.556. The highest BCUT2D eigenvalue weighted by atomic mass is 16.5. The molecule has 0 aliphatic heterocycles. The zero-order valence-electron chi connectivity index (χ0n) is 9.36. The van der Waals surface area contributed by atoms with E-state index in [1.807, 2.05) is 0 Å². The standard InChI is InChI=1S/C9H18N6O/c1-16-5-4-13-9(15-10)12-3-2-8-6-11-7-14-8/h6-7H,2-5,10H2,1H3,(H,11,14)(H2,12,13,15). The molecule has 0 fully saturated rings. The molecular weight excluding hydrogens is 208 g/mol.